The van der Waals surface area contributed by atoms with Crippen molar-refractivity contribution in [2.45, 2.75) is 11.8 Å². The van der Waals surface area contributed by atoms with E-state index in [-0.39, 0.29) is 0 Å². The van der Waals surface area contributed by atoms with Gasteiger partial charge >= 0.3 is 6.16 Å². The van der Waals surface area contributed by atoms with Crippen molar-refractivity contribution in [2.75, 3.05) is 0 Å². The summed E-state index contributed by atoms with van der Waals surface area (Å²) in [5.41, 5.74) is 1.90. The normalized spacial score (nSPS) is 10.1. The average molecular weight is 311 g/mol. The Hall–Kier alpha value is -1.71. The Balaban J connectivity index is 1.93. The van der Waals surface area contributed by atoms with Crippen molar-refractivity contribution >= 4 is 29.4 Å². The van der Waals surface area contributed by atoms with Crippen LogP contribution in [0.1, 0.15) is 11.1 Å². The molecule has 2 aromatic rings. The van der Waals surface area contributed by atoms with Crippen molar-refractivity contribution in [3.63, 3.8) is 0 Å². The molecule has 0 bridgehead atoms. The number of carbonyl (C=O) groups is 1. The van der Waals surface area contributed by atoms with Crippen molar-refractivity contribution in [2.24, 2.45) is 0 Å². The van der Waals surface area contributed by atoms with Crippen molar-refractivity contribution in [1.82, 2.24) is 0 Å². The Labute approximate surface area is 127 Å². The maximum Gasteiger partial charge on any atom is 0.519 e. The Kier molecular flexibility index (Phi) is 5.27. The van der Waals surface area contributed by atoms with Gasteiger partial charge in [0.25, 0.3) is 0 Å². The lowest BCUT2D eigenvalue weighted by molar-refractivity contribution is 0.152. The summed E-state index contributed by atoms with van der Waals surface area (Å²) in [5, 5.41) is 0. The standard InChI is InChI=1S/C15H12Cl2O3/c16-9-11-1-5-13(6-2-11)19-15(18)20-14-7-3-12(10-17)4-8-14/h1-8H,9-10H2. The van der Waals surface area contributed by atoms with E-state index in [0.29, 0.717) is 23.3 Å². The molecular formula is C15H12Cl2O3. The van der Waals surface area contributed by atoms with E-state index in [1.54, 1.807) is 48.5 Å². The Morgan fingerprint density at radius 2 is 1.10 bits per heavy atom. The lowest BCUT2D eigenvalue weighted by atomic mass is 10.2. The zero-order valence-corrected chi connectivity index (χ0v) is 12.0. The van der Waals surface area contributed by atoms with Crippen LogP contribution in [0.3, 0.4) is 0 Å². The maximum atomic E-state index is 11.6. The minimum atomic E-state index is -0.790. The summed E-state index contributed by atoms with van der Waals surface area (Å²) in [7, 11) is 0. The summed E-state index contributed by atoms with van der Waals surface area (Å²) in [6, 6.07) is 13.8. The number of hydrogen-bond acceptors (Lipinski definition) is 3. The minimum absolute atomic E-state index is 0.404. The number of rotatable bonds is 4. The van der Waals surface area contributed by atoms with E-state index in [9.17, 15) is 4.79 Å². The molecule has 104 valence electrons. The van der Waals surface area contributed by atoms with Gasteiger partial charge in [-0.2, -0.15) is 0 Å². The molecule has 0 saturated carbocycles. The fraction of sp³-hybridized carbons (Fsp3) is 0.133. The van der Waals surface area contributed by atoms with Crippen LogP contribution in [-0.4, -0.2) is 6.16 Å². The van der Waals surface area contributed by atoms with Crippen LogP contribution in [0.15, 0.2) is 48.5 Å². The highest BCUT2D eigenvalue weighted by Crippen LogP contribution is 2.17. The number of alkyl halides is 2. The van der Waals surface area contributed by atoms with E-state index in [4.69, 9.17) is 32.7 Å². The van der Waals surface area contributed by atoms with Crippen LogP contribution in [0.2, 0.25) is 0 Å². The summed E-state index contributed by atoms with van der Waals surface area (Å²) >= 11 is 11.4. The molecule has 0 atom stereocenters. The molecule has 0 aliphatic rings. The predicted octanol–water partition coefficient (Wildman–Crippen LogP) is 4.74. The second kappa shape index (κ2) is 7.17. The number of ether oxygens (including phenoxy) is 2. The van der Waals surface area contributed by atoms with Gasteiger partial charge in [-0.1, -0.05) is 24.3 Å². The first-order chi connectivity index (χ1) is 9.71. The lowest BCUT2D eigenvalue weighted by Gasteiger charge is -2.06. The largest absolute Gasteiger partial charge is 0.519 e. The Morgan fingerprint density at radius 1 is 0.750 bits per heavy atom. The Bertz CT molecular complexity index is 513. The van der Waals surface area contributed by atoms with E-state index in [1.165, 1.54) is 0 Å². The minimum Gasteiger partial charge on any atom is -0.395 e. The number of carbonyl (C=O) groups excluding carboxylic acids is 1. The second-order valence-electron chi connectivity index (χ2n) is 4.01. The second-order valence-corrected chi connectivity index (χ2v) is 4.54. The summed E-state index contributed by atoms with van der Waals surface area (Å²) in [4.78, 5) is 11.6. The van der Waals surface area contributed by atoms with Gasteiger partial charge in [-0.3, -0.25) is 0 Å². The molecule has 0 aromatic heterocycles. The van der Waals surface area contributed by atoms with Crippen LogP contribution in [0, 0.1) is 0 Å². The molecule has 0 spiro atoms. The van der Waals surface area contributed by atoms with Gasteiger partial charge in [0.1, 0.15) is 11.5 Å². The fourth-order valence-corrected chi connectivity index (χ4v) is 1.86. The van der Waals surface area contributed by atoms with Gasteiger partial charge in [0, 0.05) is 11.8 Å². The molecule has 0 radical (unpaired) electrons. The zero-order chi connectivity index (χ0) is 14.4. The first-order valence-corrected chi connectivity index (χ1v) is 6.97. The highest BCUT2D eigenvalue weighted by molar-refractivity contribution is 6.17. The summed E-state index contributed by atoms with van der Waals surface area (Å²) in [6.45, 7) is 0. The van der Waals surface area contributed by atoms with Crippen LogP contribution in [-0.2, 0) is 11.8 Å². The molecule has 5 heteroatoms. The third-order valence-corrected chi connectivity index (χ3v) is 3.17. The molecule has 0 fully saturated rings. The lowest BCUT2D eigenvalue weighted by Crippen LogP contribution is -2.13. The first kappa shape index (κ1) is 14.7. The molecule has 2 aromatic carbocycles. The number of hydrogen-bond donors (Lipinski definition) is 0. The van der Waals surface area contributed by atoms with Crippen LogP contribution in [0.25, 0.3) is 0 Å². The molecular weight excluding hydrogens is 299 g/mol. The van der Waals surface area contributed by atoms with Gasteiger partial charge in [0.15, 0.2) is 0 Å². The molecule has 0 amide bonds. The zero-order valence-electron chi connectivity index (χ0n) is 10.5. The van der Waals surface area contributed by atoms with Gasteiger partial charge in [-0.15, -0.1) is 23.2 Å². The van der Waals surface area contributed by atoms with E-state index in [1.807, 2.05) is 0 Å². The molecule has 0 heterocycles. The number of benzene rings is 2. The first-order valence-electron chi connectivity index (χ1n) is 5.90. The monoisotopic (exact) mass is 310 g/mol. The molecule has 0 aliphatic heterocycles. The quantitative estimate of drug-likeness (QED) is 0.465. The molecule has 20 heavy (non-hydrogen) atoms. The van der Waals surface area contributed by atoms with Crippen LogP contribution in [0.4, 0.5) is 4.79 Å². The average Bonchev–Trinajstić information content (AvgIpc) is 2.49. The molecule has 0 N–H and O–H groups in total. The SMILES string of the molecule is O=C(Oc1ccc(CCl)cc1)Oc1ccc(CCl)cc1. The highest BCUT2D eigenvalue weighted by atomic mass is 35.5. The van der Waals surface area contributed by atoms with Crippen molar-refractivity contribution in [3.05, 3.63) is 59.7 Å². The fourth-order valence-electron chi connectivity index (χ4n) is 1.51. The van der Waals surface area contributed by atoms with Gasteiger partial charge in [0.2, 0.25) is 0 Å². The summed E-state index contributed by atoms with van der Waals surface area (Å²) < 4.78 is 10.1. The van der Waals surface area contributed by atoms with E-state index in [2.05, 4.69) is 0 Å². The van der Waals surface area contributed by atoms with Crippen molar-refractivity contribution in [3.8, 4) is 11.5 Å². The van der Waals surface area contributed by atoms with Gasteiger partial charge < -0.3 is 9.47 Å². The van der Waals surface area contributed by atoms with Crippen LogP contribution >= 0.6 is 23.2 Å². The molecule has 0 unspecified atom stereocenters. The maximum absolute atomic E-state index is 11.6. The number of halogens is 2. The van der Waals surface area contributed by atoms with Gasteiger partial charge in [-0.05, 0) is 35.4 Å². The third-order valence-electron chi connectivity index (χ3n) is 2.56. The van der Waals surface area contributed by atoms with Gasteiger partial charge in [0.05, 0.1) is 0 Å². The van der Waals surface area contributed by atoms with Crippen LogP contribution < -0.4 is 9.47 Å². The predicted molar refractivity (Wildman–Crippen MR) is 78.7 cm³/mol. The molecule has 0 aliphatic carbocycles. The topological polar surface area (TPSA) is 35.5 Å². The Morgan fingerprint density at radius 3 is 1.40 bits per heavy atom. The highest BCUT2D eigenvalue weighted by Gasteiger charge is 2.07. The third kappa shape index (κ3) is 4.15. The molecule has 0 saturated heterocycles. The van der Waals surface area contributed by atoms with Crippen molar-refractivity contribution < 1.29 is 14.3 Å². The molecule has 2 rings (SSSR count). The van der Waals surface area contributed by atoms with Crippen LogP contribution in [0.5, 0.6) is 11.5 Å². The van der Waals surface area contributed by atoms with Crippen molar-refractivity contribution in [1.29, 1.82) is 0 Å². The van der Waals surface area contributed by atoms with Gasteiger partial charge in [-0.25, -0.2) is 4.79 Å². The van der Waals surface area contributed by atoms with E-state index in [0.717, 1.165) is 11.1 Å². The summed E-state index contributed by atoms with van der Waals surface area (Å²) in [5.74, 6) is 1.64. The summed E-state index contributed by atoms with van der Waals surface area (Å²) in [6.07, 6.45) is -0.790. The molecule has 3 nitrogen and oxygen atoms in total. The smallest absolute Gasteiger partial charge is 0.395 e. The van der Waals surface area contributed by atoms with E-state index < -0.39 is 6.16 Å². The van der Waals surface area contributed by atoms with E-state index >= 15 is 0 Å².